The van der Waals surface area contributed by atoms with Crippen LogP contribution in [0.15, 0.2) is 36.8 Å². The number of amides is 1. The third kappa shape index (κ3) is 3.05. The zero-order valence-corrected chi connectivity index (χ0v) is 14.4. The predicted octanol–water partition coefficient (Wildman–Crippen LogP) is 2.55. The molecule has 5 rings (SSSR count). The second-order valence-electron chi connectivity index (χ2n) is 6.39. The van der Waals surface area contributed by atoms with Crippen molar-refractivity contribution >= 4 is 17.2 Å². The molecule has 0 aliphatic carbocycles. The molecule has 8 heteroatoms. The quantitative estimate of drug-likeness (QED) is 0.648. The van der Waals surface area contributed by atoms with Crippen LogP contribution in [0.25, 0.3) is 5.65 Å². The van der Waals surface area contributed by atoms with E-state index in [0.29, 0.717) is 22.6 Å². The lowest BCUT2D eigenvalue weighted by molar-refractivity contribution is 0.0933. The van der Waals surface area contributed by atoms with Crippen molar-refractivity contribution in [2.24, 2.45) is 0 Å². The van der Waals surface area contributed by atoms with Gasteiger partial charge in [-0.25, -0.2) is 13.9 Å². The molecule has 1 amide bonds. The topological polar surface area (TPSA) is 80.6 Å². The smallest absolute Gasteiger partial charge is 0.256 e. The highest BCUT2D eigenvalue weighted by Crippen LogP contribution is 2.25. The maximum absolute atomic E-state index is 14.0. The molecule has 0 saturated carbocycles. The van der Waals surface area contributed by atoms with Crippen LogP contribution in [-0.2, 0) is 0 Å². The van der Waals surface area contributed by atoms with E-state index in [1.807, 2.05) is 13.8 Å². The maximum Gasteiger partial charge on any atom is 0.256 e. The first-order valence-corrected chi connectivity index (χ1v) is 8.35. The van der Waals surface area contributed by atoms with E-state index in [1.165, 1.54) is 18.3 Å². The van der Waals surface area contributed by atoms with Gasteiger partial charge >= 0.3 is 0 Å². The molecule has 134 valence electrons. The standard InChI is InChI=1S/C18H18FN5O2/c1-10-6-21-18(25)16-8-22-24-9-14(7-20-17(16)24)23-11(2)12-3-13(19)5-15(4-12)26-10/h3-5,7-11,23H,6H2,1-2H3,(H,21,25)/t10-,11+/m0/s1. The Kier molecular flexibility index (Phi) is 3.95. The molecule has 4 heterocycles. The number of rotatable bonds is 0. The number of ether oxygens (including phenoxy) is 1. The lowest BCUT2D eigenvalue weighted by Gasteiger charge is -2.19. The summed E-state index contributed by atoms with van der Waals surface area (Å²) in [5.74, 6) is -0.241. The normalized spacial score (nSPS) is 20.2. The highest BCUT2D eigenvalue weighted by Gasteiger charge is 2.17. The van der Waals surface area contributed by atoms with Crippen molar-refractivity contribution in [1.82, 2.24) is 19.9 Å². The first kappa shape index (κ1) is 16.3. The fourth-order valence-electron chi connectivity index (χ4n) is 2.95. The van der Waals surface area contributed by atoms with Gasteiger partial charge in [-0.1, -0.05) is 0 Å². The van der Waals surface area contributed by atoms with Gasteiger partial charge in [0.05, 0.1) is 30.8 Å². The summed E-state index contributed by atoms with van der Waals surface area (Å²) in [7, 11) is 0. The minimum atomic E-state index is -0.378. The maximum atomic E-state index is 14.0. The molecule has 0 saturated heterocycles. The Balaban J connectivity index is 1.79. The van der Waals surface area contributed by atoms with Crippen LogP contribution in [0.5, 0.6) is 5.75 Å². The first-order valence-electron chi connectivity index (χ1n) is 8.35. The fraction of sp³-hybridized carbons (Fsp3) is 0.278. The van der Waals surface area contributed by atoms with E-state index in [1.54, 1.807) is 23.0 Å². The van der Waals surface area contributed by atoms with Gasteiger partial charge < -0.3 is 15.4 Å². The van der Waals surface area contributed by atoms with Crippen LogP contribution in [0, 0.1) is 5.82 Å². The Morgan fingerprint density at radius 3 is 2.96 bits per heavy atom. The summed E-state index contributed by atoms with van der Waals surface area (Å²) in [4.78, 5) is 16.8. The average Bonchev–Trinajstić information content (AvgIpc) is 3.01. The predicted molar refractivity (Wildman–Crippen MR) is 93.8 cm³/mol. The third-order valence-electron chi connectivity index (χ3n) is 4.27. The summed E-state index contributed by atoms with van der Waals surface area (Å²) in [6, 6.07) is 4.41. The van der Waals surface area contributed by atoms with E-state index >= 15 is 0 Å². The van der Waals surface area contributed by atoms with E-state index in [-0.39, 0.29) is 30.4 Å². The minimum absolute atomic E-state index is 0.178. The first-order chi connectivity index (χ1) is 12.5. The molecule has 0 unspecified atom stereocenters. The number of carbonyl (C=O) groups is 1. The zero-order chi connectivity index (χ0) is 18.3. The molecule has 0 radical (unpaired) electrons. The highest BCUT2D eigenvalue weighted by molar-refractivity contribution is 5.99. The van der Waals surface area contributed by atoms with Crippen LogP contribution < -0.4 is 15.4 Å². The van der Waals surface area contributed by atoms with Gasteiger partial charge in [0.1, 0.15) is 23.2 Å². The van der Waals surface area contributed by atoms with E-state index in [4.69, 9.17) is 4.74 Å². The lowest BCUT2D eigenvalue weighted by atomic mass is 10.1. The molecule has 3 aromatic rings. The number of nitrogens with zero attached hydrogens (tertiary/aromatic N) is 3. The summed E-state index contributed by atoms with van der Waals surface area (Å²) in [5.41, 5.74) is 2.30. The Morgan fingerprint density at radius 2 is 2.12 bits per heavy atom. The van der Waals surface area contributed by atoms with Crippen LogP contribution in [0.3, 0.4) is 0 Å². The number of aromatic nitrogens is 3. The number of hydrogen-bond acceptors (Lipinski definition) is 5. The molecule has 1 aromatic carbocycles. The molecular weight excluding hydrogens is 337 g/mol. The Hall–Kier alpha value is -3.16. The van der Waals surface area contributed by atoms with Gasteiger partial charge in [-0.15, -0.1) is 0 Å². The summed E-state index contributed by atoms with van der Waals surface area (Å²) in [6.07, 6.45) is 4.53. The van der Waals surface area contributed by atoms with Crippen LogP contribution in [-0.4, -0.2) is 33.2 Å². The Morgan fingerprint density at radius 1 is 1.27 bits per heavy atom. The Labute approximate surface area is 149 Å². The number of fused-ring (bicyclic) bond motifs is 6. The monoisotopic (exact) mass is 355 g/mol. The van der Waals surface area contributed by atoms with Crippen LogP contribution in [0.1, 0.15) is 35.8 Å². The van der Waals surface area contributed by atoms with E-state index in [0.717, 1.165) is 5.56 Å². The summed E-state index contributed by atoms with van der Waals surface area (Å²) < 4.78 is 21.3. The minimum Gasteiger partial charge on any atom is -0.489 e. The number of hydrogen-bond donors (Lipinski definition) is 2. The zero-order valence-electron chi connectivity index (χ0n) is 14.4. The van der Waals surface area contributed by atoms with Crippen molar-refractivity contribution < 1.29 is 13.9 Å². The Bertz CT molecular complexity index is 987. The number of nitrogens with one attached hydrogen (secondary N) is 2. The van der Waals surface area contributed by atoms with Gasteiger partial charge in [0.15, 0.2) is 5.65 Å². The van der Waals surface area contributed by atoms with Crippen molar-refractivity contribution in [3.8, 4) is 5.75 Å². The highest BCUT2D eigenvalue weighted by atomic mass is 19.1. The molecule has 26 heavy (non-hydrogen) atoms. The van der Waals surface area contributed by atoms with Gasteiger partial charge in [-0.05, 0) is 31.5 Å². The molecule has 2 aromatic heterocycles. The van der Waals surface area contributed by atoms with Crippen LogP contribution >= 0.6 is 0 Å². The summed E-state index contributed by atoms with van der Waals surface area (Å²) in [5, 5.41) is 10.3. The molecule has 2 aliphatic rings. The summed E-state index contributed by atoms with van der Waals surface area (Å²) >= 11 is 0. The largest absolute Gasteiger partial charge is 0.489 e. The molecule has 2 aliphatic heterocycles. The number of carbonyl (C=O) groups excluding carboxylic acids is 1. The van der Waals surface area contributed by atoms with Crippen LogP contribution in [0.4, 0.5) is 10.1 Å². The van der Waals surface area contributed by atoms with Gasteiger partial charge in [0, 0.05) is 12.1 Å². The van der Waals surface area contributed by atoms with Gasteiger partial charge in [0.2, 0.25) is 0 Å². The molecular formula is C18H18FN5O2. The molecule has 7 nitrogen and oxygen atoms in total. The molecule has 6 bridgehead atoms. The van der Waals surface area contributed by atoms with Gasteiger partial charge in [-0.3, -0.25) is 4.79 Å². The van der Waals surface area contributed by atoms with Crippen molar-refractivity contribution in [3.63, 3.8) is 0 Å². The van der Waals surface area contributed by atoms with E-state index < -0.39 is 0 Å². The molecule has 2 N–H and O–H groups in total. The SMILES string of the molecule is C[C@H]1CNC(=O)c2cnn3cc(cnc23)N[C@H](C)c2cc(F)cc(c2)O1. The number of benzene rings is 1. The van der Waals surface area contributed by atoms with Gasteiger partial charge in [-0.2, -0.15) is 5.10 Å². The van der Waals surface area contributed by atoms with Crippen LogP contribution in [0.2, 0.25) is 0 Å². The number of halogens is 1. The van der Waals surface area contributed by atoms with E-state index in [2.05, 4.69) is 20.7 Å². The average molecular weight is 355 g/mol. The number of anilines is 1. The fourth-order valence-corrected chi connectivity index (χ4v) is 2.95. The van der Waals surface area contributed by atoms with Crippen molar-refractivity contribution in [3.05, 3.63) is 53.7 Å². The second-order valence-corrected chi connectivity index (χ2v) is 6.39. The second kappa shape index (κ2) is 6.29. The van der Waals surface area contributed by atoms with Crippen molar-refractivity contribution in [2.75, 3.05) is 11.9 Å². The lowest BCUT2D eigenvalue weighted by Crippen LogP contribution is -2.33. The summed E-state index contributed by atoms with van der Waals surface area (Å²) in [6.45, 7) is 4.00. The molecule has 0 fully saturated rings. The third-order valence-corrected chi connectivity index (χ3v) is 4.27. The van der Waals surface area contributed by atoms with E-state index in [9.17, 15) is 9.18 Å². The molecule has 0 spiro atoms. The van der Waals surface area contributed by atoms with Crippen molar-refractivity contribution in [2.45, 2.75) is 26.0 Å². The van der Waals surface area contributed by atoms with Gasteiger partial charge in [0.25, 0.3) is 5.91 Å². The van der Waals surface area contributed by atoms with Crippen molar-refractivity contribution in [1.29, 1.82) is 0 Å². The molecule has 2 atom stereocenters.